The van der Waals surface area contributed by atoms with Crippen LogP contribution in [0.1, 0.15) is 18.9 Å². The fourth-order valence-electron chi connectivity index (χ4n) is 2.17. The van der Waals surface area contributed by atoms with E-state index in [2.05, 4.69) is 16.1 Å². The van der Waals surface area contributed by atoms with Crippen molar-refractivity contribution in [3.8, 4) is 0 Å². The van der Waals surface area contributed by atoms with Gasteiger partial charge in [-0.1, -0.05) is 33.7 Å². The lowest BCUT2D eigenvalue weighted by atomic mass is 9.98. The van der Waals surface area contributed by atoms with Gasteiger partial charge in [0.15, 0.2) is 5.66 Å². The van der Waals surface area contributed by atoms with Gasteiger partial charge >= 0.3 is 0 Å². The van der Waals surface area contributed by atoms with Gasteiger partial charge in [-0.25, -0.2) is 9.59 Å². The Kier molecular flexibility index (Phi) is 5.58. The van der Waals surface area contributed by atoms with Gasteiger partial charge in [0, 0.05) is 16.2 Å². The summed E-state index contributed by atoms with van der Waals surface area (Å²) in [6.45, 7) is 3.93. The normalized spacial score (nSPS) is 20.3. The van der Waals surface area contributed by atoms with Crippen molar-refractivity contribution in [2.45, 2.75) is 30.8 Å². The van der Waals surface area contributed by atoms with E-state index in [9.17, 15) is 9.59 Å². The molecule has 0 saturated heterocycles. The fourth-order valence-corrected chi connectivity index (χ4v) is 4.49. The van der Waals surface area contributed by atoms with Crippen LogP contribution in [-0.2, 0) is 9.59 Å². The highest BCUT2D eigenvalue weighted by Gasteiger charge is 2.31. The molecule has 4 nitrogen and oxygen atoms in total. The Balaban J connectivity index is 2.17. The maximum Gasteiger partial charge on any atom is 0.237 e. The van der Waals surface area contributed by atoms with Gasteiger partial charge in [-0.05, 0) is 49.3 Å². The smallest absolute Gasteiger partial charge is 0.211 e. The first-order chi connectivity index (χ1) is 10.6. The topological polar surface area (TPSA) is 58.9 Å². The predicted octanol–water partition coefficient (Wildman–Crippen LogP) is 4.34. The Morgan fingerprint density at radius 1 is 1.14 bits per heavy atom. The van der Waals surface area contributed by atoms with E-state index >= 15 is 0 Å². The van der Waals surface area contributed by atoms with Crippen molar-refractivity contribution in [3.63, 3.8) is 0 Å². The molecule has 0 bridgehead atoms. The summed E-state index contributed by atoms with van der Waals surface area (Å²) in [6, 6.07) is 8.20. The monoisotopic (exact) mass is 330 g/mol. The minimum Gasteiger partial charge on any atom is -0.211 e. The SMILES string of the molecule is CC1=CC(N=C=O)(N=C=O)CC(SSc2cccc(C)c2)=C1. The third-order valence-electron chi connectivity index (χ3n) is 2.99. The van der Waals surface area contributed by atoms with Crippen LogP contribution in [0.3, 0.4) is 0 Å². The fraction of sp³-hybridized carbons (Fsp3) is 0.250. The van der Waals surface area contributed by atoms with E-state index in [1.807, 2.05) is 38.1 Å². The maximum absolute atomic E-state index is 10.6. The highest BCUT2D eigenvalue weighted by Crippen LogP contribution is 2.44. The average molecular weight is 330 g/mol. The molecule has 0 amide bonds. The Labute approximate surface area is 136 Å². The van der Waals surface area contributed by atoms with Crippen molar-refractivity contribution < 1.29 is 9.59 Å². The molecule has 0 radical (unpaired) electrons. The quantitative estimate of drug-likeness (QED) is 0.458. The second-order valence-electron chi connectivity index (χ2n) is 4.94. The molecule has 0 heterocycles. The lowest BCUT2D eigenvalue weighted by Gasteiger charge is -2.24. The summed E-state index contributed by atoms with van der Waals surface area (Å²) < 4.78 is 0. The number of hydrogen-bond donors (Lipinski definition) is 0. The summed E-state index contributed by atoms with van der Waals surface area (Å²) in [5.74, 6) is 0. The molecule has 0 saturated carbocycles. The first-order valence-corrected chi connectivity index (χ1v) is 8.71. The molecular formula is C16H14N2O2S2. The molecule has 0 spiro atoms. The summed E-state index contributed by atoms with van der Waals surface area (Å²) in [6.07, 6.45) is 7.05. The molecule has 0 unspecified atom stereocenters. The van der Waals surface area contributed by atoms with Gasteiger partial charge < -0.3 is 0 Å². The van der Waals surface area contributed by atoms with Crippen LogP contribution in [0.4, 0.5) is 0 Å². The van der Waals surface area contributed by atoms with Crippen LogP contribution >= 0.6 is 21.6 Å². The van der Waals surface area contributed by atoms with Crippen LogP contribution in [0.25, 0.3) is 0 Å². The largest absolute Gasteiger partial charge is 0.237 e. The number of benzene rings is 1. The van der Waals surface area contributed by atoms with Gasteiger partial charge in [0.05, 0.1) is 0 Å². The van der Waals surface area contributed by atoms with Crippen LogP contribution < -0.4 is 0 Å². The number of carbonyl (C=O) groups excluding carboxylic acids is 2. The van der Waals surface area contributed by atoms with E-state index < -0.39 is 5.66 Å². The lowest BCUT2D eigenvalue weighted by molar-refractivity contribution is 0.510. The minimum atomic E-state index is -1.20. The Morgan fingerprint density at radius 3 is 2.50 bits per heavy atom. The zero-order valence-corrected chi connectivity index (χ0v) is 13.8. The van der Waals surface area contributed by atoms with Crippen LogP contribution in [0, 0.1) is 6.92 Å². The lowest BCUT2D eigenvalue weighted by Crippen LogP contribution is -2.23. The van der Waals surface area contributed by atoms with Crippen LogP contribution in [-0.4, -0.2) is 17.8 Å². The molecule has 0 aliphatic heterocycles. The highest BCUT2D eigenvalue weighted by molar-refractivity contribution is 8.78. The van der Waals surface area contributed by atoms with Crippen molar-refractivity contribution in [2.24, 2.45) is 9.98 Å². The second kappa shape index (κ2) is 7.43. The standard InChI is InChI=1S/C16H14N2O2S2/c1-12-4-3-5-14(6-12)21-22-15-7-13(2)8-16(9-15,17-10-19)18-11-20/h3-8H,9H2,1-2H3. The van der Waals surface area contributed by atoms with E-state index in [-0.39, 0.29) is 0 Å². The van der Waals surface area contributed by atoms with Gasteiger partial charge in [-0.3, -0.25) is 0 Å². The summed E-state index contributed by atoms with van der Waals surface area (Å²) in [5.41, 5.74) is 0.902. The van der Waals surface area contributed by atoms with Gasteiger partial charge in [-0.2, -0.15) is 9.98 Å². The van der Waals surface area contributed by atoms with E-state index in [0.717, 1.165) is 15.4 Å². The first-order valence-electron chi connectivity index (χ1n) is 6.56. The predicted molar refractivity (Wildman–Crippen MR) is 90.1 cm³/mol. The summed E-state index contributed by atoms with van der Waals surface area (Å²) in [5, 5.41) is 0. The first kappa shape index (κ1) is 16.5. The minimum absolute atomic E-state index is 0.359. The number of allylic oxidation sites excluding steroid dienone is 2. The van der Waals surface area contributed by atoms with Crippen LogP contribution in [0.15, 0.2) is 61.8 Å². The average Bonchev–Trinajstić information content (AvgIpc) is 2.45. The van der Waals surface area contributed by atoms with Gasteiger partial charge in [0.25, 0.3) is 0 Å². The van der Waals surface area contributed by atoms with E-state index in [0.29, 0.717) is 6.42 Å². The van der Waals surface area contributed by atoms with Crippen molar-refractivity contribution in [1.29, 1.82) is 0 Å². The number of aliphatic imine (C=N–C) groups is 2. The van der Waals surface area contributed by atoms with E-state index in [4.69, 9.17) is 0 Å². The molecule has 22 heavy (non-hydrogen) atoms. The number of aryl methyl sites for hydroxylation is 1. The van der Waals surface area contributed by atoms with Crippen LogP contribution in [0.5, 0.6) is 0 Å². The molecule has 0 atom stereocenters. The number of rotatable bonds is 5. The molecule has 6 heteroatoms. The third kappa shape index (κ3) is 4.33. The summed E-state index contributed by atoms with van der Waals surface area (Å²) in [4.78, 5) is 30.8. The molecule has 112 valence electrons. The van der Waals surface area contributed by atoms with Crippen LogP contribution in [0.2, 0.25) is 0 Å². The maximum atomic E-state index is 10.6. The van der Waals surface area contributed by atoms with Gasteiger partial charge in [-0.15, -0.1) is 0 Å². The molecule has 1 aromatic carbocycles. The molecule has 1 aliphatic carbocycles. The number of nitrogens with zero attached hydrogens (tertiary/aromatic N) is 2. The van der Waals surface area contributed by atoms with Crippen molar-refractivity contribution in [3.05, 3.63) is 52.5 Å². The Hall–Kier alpha value is -1.84. The van der Waals surface area contributed by atoms with Crippen molar-refractivity contribution in [2.75, 3.05) is 0 Å². The molecule has 1 aromatic rings. The summed E-state index contributed by atoms with van der Waals surface area (Å²) in [7, 11) is 3.20. The molecular weight excluding hydrogens is 316 g/mol. The summed E-state index contributed by atoms with van der Waals surface area (Å²) >= 11 is 0. The highest BCUT2D eigenvalue weighted by atomic mass is 33.1. The number of isocyanates is 2. The number of hydrogen-bond acceptors (Lipinski definition) is 6. The molecule has 1 aliphatic rings. The van der Waals surface area contributed by atoms with Gasteiger partial charge in [0.2, 0.25) is 12.2 Å². The molecule has 0 aromatic heterocycles. The molecule has 2 rings (SSSR count). The zero-order valence-electron chi connectivity index (χ0n) is 12.2. The Bertz CT molecular complexity index is 709. The van der Waals surface area contributed by atoms with Crippen molar-refractivity contribution in [1.82, 2.24) is 0 Å². The molecule has 0 N–H and O–H groups in total. The Morgan fingerprint density at radius 2 is 1.86 bits per heavy atom. The van der Waals surface area contributed by atoms with E-state index in [1.165, 1.54) is 17.7 Å². The van der Waals surface area contributed by atoms with Crippen molar-refractivity contribution >= 4 is 33.7 Å². The zero-order chi connectivity index (χ0) is 16.0. The van der Waals surface area contributed by atoms with E-state index in [1.54, 1.807) is 27.7 Å². The van der Waals surface area contributed by atoms with Gasteiger partial charge in [0.1, 0.15) is 0 Å². The molecule has 0 fully saturated rings. The second-order valence-corrected chi connectivity index (χ2v) is 7.27. The third-order valence-corrected chi connectivity index (χ3v) is 5.47.